The van der Waals surface area contributed by atoms with Crippen LogP contribution in [0.5, 0.6) is 0 Å². The highest BCUT2D eigenvalue weighted by Crippen LogP contribution is 2.65. The summed E-state index contributed by atoms with van der Waals surface area (Å²) in [5, 5.41) is 3.01. The average Bonchev–Trinajstić information content (AvgIpc) is 3.00. The lowest BCUT2D eigenvalue weighted by molar-refractivity contribution is -0.199. The topological polar surface area (TPSA) is 114 Å². The van der Waals surface area contributed by atoms with Gasteiger partial charge in [-0.05, 0) is 62.7 Å². The molecule has 0 radical (unpaired) electrons. The highest BCUT2D eigenvalue weighted by Gasteiger charge is 2.68. The fourth-order valence-electron chi connectivity index (χ4n) is 6.49. The maximum absolute atomic E-state index is 12.9. The fourth-order valence-corrected chi connectivity index (χ4v) is 7.22. The van der Waals surface area contributed by atoms with Crippen molar-refractivity contribution in [3.05, 3.63) is 0 Å². The van der Waals surface area contributed by atoms with Gasteiger partial charge in [0.25, 0.3) is 0 Å². The quantitative estimate of drug-likeness (QED) is 0.524. The predicted octanol–water partition coefficient (Wildman–Crippen LogP) is 1.08. The van der Waals surface area contributed by atoms with Crippen molar-refractivity contribution >= 4 is 29.0 Å². The SMILES string of the molecule is CC[C@H](NC(=O)CN1CCCCC(NS(C)(=O)=O)C1=O)B1OC2C[C@H]3C[C@H](C3(C)C)[C@]2(C)O1. The molecular formula is C22H38BN3O6S. The number of carbonyl (C=O) groups excluding carboxylic acids is 2. The van der Waals surface area contributed by atoms with Crippen LogP contribution in [0, 0.1) is 17.3 Å². The van der Waals surface area contributed by atoms with Crippen LogP contribution in [0.1, 0.15) is 66.2 Å². The summed E-state index contributed by atoms with van der Waals surface area (Å²) < 4.78 is 38.5. The van der Waals surface area contributed by atoms with Crippen LogP contribution in [0.4, 0.5) is 0 Å². The third-order valence-electron chi connectivity index (χ3n) is 8.55. The van der Waals surface area contributed by atoms with Crippen molar-refractivity contribution in [1.29, 1.82) is 0 Å². The minimum atomic E-state index is -3.52. The molecule has 0 spiro atoms. The highest BCUT2D eigenvalue weighted by molar-refractivity contribution is 7.88. The van der Waals surface area contributed by atoms with Gasteiger partial charge in [0.2, 0.25) is 21.8 Å². The fraction of sp³-hybridized carbons (Fsp3) is 0.909. The highest BCUT2D eigenvalue weighted by atomic mass is 32.2. The number of hydrogen-bond donors (Lipinski definition) is 2. The van der Waals surface area contributed by atoms with Crippen LogP contribution in [-0.2, 0) is 28.9 Å². The molecule has 2 bridgehead atoms. The first kappa shape index (κ1) is 24.9. The van der Waals surface area contributed by atoms with E-state index in [2.05, 4.69) is 30.8 Å². The lowest BCUT2D eigenvalue weighted by Gasteiger charge is -2.64. The maximum atomic E-state index is 12.9. The molecule has 186 valence electrons. The van der Waals surface area contributed by atoms with Crippen molar-refractivity contribution < 1.29 is 27.3 Å². The van der Waals surface area contributed by atoms with Gasteiger partial charge in [-0.1, -0.05) is 20.8 Å². The van der Waals surface area contributed by atoms with E-state index in [1.54, 1.807) is 0 Å². The minimum Gasteiger partial charge on any atom is -0.404 e. The Hall–Kier alpha value is -1.17. The maximum Gasteiger partial charge on any atom is 0.481 e. The summed E-state index contributed by atoms with van der Waals surface area (Å²) in [5.74, 6) is 0.149. The molecule has 2 saturated heterocycles. The monoisotopic (exact) mass is 483 g/mol. The molecule has 3 saturated carbocycles. The number of rotatable bonds is 7. The Labute approximate surface area is 197 Å². The third kappa shape index (κ3) is 4.70. The van der Waals surface area contributed by atoms with Gasteiger partial charge in [0.15, 0.2) is 0 Å². The molecule has 5 aliphatic rings. The van der Waals surface area contributed by atoms with E-state index in [9.17, 15) is 18.0 Å². The first-order chi connectivity index (χ1) is 15.3. The average molecular weight is 483 g/mol. The lowest BCUT2D eigenvalue weighted by atomic mass is 9.43. The van der Waals surface area contributed by atoms with Crippen LogP contribution in [0.15, 0.2) is 0 Å². The van der Waals surface area contributed by atoms with E-state index in [1.165, 1.54) is 11.3 Å². The van der Waals surface area contributed by atoms with Gasteiger partial charge in [-0.3, -0.25) is 9.59 Å². The predicted molar refractivity (Wildman–Crippen MR) is 125 cm³/mol. The van der Waals surface area contributed by atoms with Crippen LogP contribution in [0.2, 0.25) is 0 Å². The van der Waals surface area contributed by atoms with Crippen LogP contribution in [0.3, 0.4) is 0 Å². The summed E-state index contributed by atoms with van der Waals surface area (Å²) in [4.78, 5) is 27.2. The van der Waals surface area contributed by atoms with Crippen molar-refractivity contribution in [2.45, 2.75) is 89.9 Å². The molecule has 2 aliphatic heterocycles. The first-order valence-electron chi connectivity index (χ1n) is 12.2. The Kier molecular flexibility index (Phi) is 6.65. The summed E-state index contributed by atoms with van der Waals surface area (Å²) in [6.07, 6.45) is 5.75. The van der Waals surface area contributed by atoms with Gasteiger partial charge in [0, 0.05) is 6.54 Å². The smallest absolute Gasteiger partial charge is 0.404 e. The summed E-state index contributed by atoms with van der Waals surface area (Å²) in [6, 6.07) is -0.823. The van der Waals surface area contributed by atoms with Crippen molar-refractivity contribution in [3.63, 3.8) is 0 Å². The molecule has 2 unspecified atom stereocenters. The Balaban J connectivity index is 1.37. The molecular weight excluding hydrogens is 445 g/mol. The molecule has 2 heterocycles. The van der Waals surface area contributed by atoms with Gasteiger partial charge >= 0.3 is 7.12 Å². The van der Waals surface area contributed by atoms with E-state index in [0.717, 1.165) is 25.5 Å². The number of nitrogens with zero attached hydrogens (tertiary/aromatic N) is 1. The first-order valence-corrected chi connectivity index (χ1v) is 14.1. The van der Waals surface area contributed by atoms with Gasteiger partial charge < -0.3 is 19.5 Å². The van der Waals surface area contributed by atoms with Gasteiger partial charge in [-0.15, -0.1) is 0 Å². The van der Waals surface area contributed by atoms with Gasteiger partial charge in [-0.25, -0.2) is 13.1 Å². The Bertz CT molecular complexity index is 899. The Morgan fingerprint density at radius 3 is 2.64 bits per heavy atom. The molecule has 11 heteroatoms. The van der Waals surface area contributed by atoms with Crippen LogP contribution in [-0.4, -0.2) is 75.3 Å². The molecule has 2 N–H and O–H groups in total. The molecule has 0 aromatic carbocycles. The number of hydrogen-bond acceptors (Lipinski definition) is 6. The van der Waals surface area contributed by atoms with Crippen molar-refractivity contribution in [2.75, 3.05) is 19.3 Å². The van der Waals surface area contributed by atoms with Crippen molar-refractivity contribution in [3.8, 4) is 0 Å². The lowest BCUT2D eigenvalue weighted by Crippen LogP contribution is -2.65. The zero-order valence-electron chi connectivity index (χ0n) is 20.4. The molecule has 0 aromatic rings. The molecule has 6 atom stereocenters. The number of carbonyl (C=O) groups is 2. The van der Waals surface area contributed by atoms with Crippen LogP contribution in [0.25, 0.3) is 0 Å². The van der Waals surface area contributed by atoms with E-state index in [0.29, 0.717) is 31.2 Å². The third-order valence-corrected chi connectivity index (χ3v) is 9.27. The summed E-state index contributed by atoms with van der Waals surface area (Å²) in [6.45, 7) is 9.08. The molecule has 5 fully saturated rings. The molecule has 3 aliphatic carbocycles. The van der Waals surface area contributed by atoms with Gasteiger partial charge in [-0.2, -0.15) is 0 Å². The second kappa shape index (κ2) is 8.80. The summed E-state index contributed by atoms with van der Waals surface area (Å²) in [7, 11) is -4.03. The molecule has 9 nitrogen and oxygen atoms in total. The van der Waals surface area contributed by atoms with Gasteiger partial charge in [0.1, 0.15) is 6.04 Å². The van der Waals surface area contributed by atoms with Crippen LogP contribution < -0.4 is 10.0 Å². The number of amides is 2. The van der Waals surface area contributed by atoms with Crippen molar-refractivity contribution in [1.82, 2.24) is 14.9 Å². The number of nitrogens with one attached hydrogen (secondary N) is 2. The summed E-state index contributed by atoms with van der Waals surface area (Å²) in [5.41, 5.74) is -0.0928. The van der Waals surface area contributed by atoms with E-state index in [1.807, 2.05) is 6.92 Å². The summed E-state index contributed by atoms with van der Waals surface area (Å²) >= 11 is 0. The molecule has 5 rings (SSSR count). The van der Waals surface area contributed by atoms with E-state index in [-0.39, 0.29) is 41.4 Å². The van der Waals surface area contributed by atoms with Crippen LogP contribution >= 0.6 is 0 Å². The van der Waals surface area contributed by atoms with Gasteiger partial charge in [0.05, 0.1) is 30.4 Å². The Morgan fingerprint density at radius 1 is 1.27 bits per heavy atom. The molecule has 0 aromatic heterocycles. The van der Waals surface area contributed by atoms with E-state index >= 15 is 0 Å². The minimum absolute atomic E-state index is 0.0419. The largest absolute Gasteiger partial charge is 0.481 e. The number of sulfonamides is 1. The molecule has 2 amide bonds. The van der Waals surface area contributed by atoms with E-state index in [4.69, 9.17) is 9.31 Å². The zero-order valence-corrected chi connectivity index (χ0v) is 21.2. The zero-order chi connectivity index (χ0) is 24.2. The van der Waals surface area contributed by atoms with Crippen molar-refractivity contribution in [2.24, 2.45) is 17.3 Å². The second-order valence-electron chi connectivity index (χ2n) is 11.1. The number of likely N-dealkylation sites (tertiary alicyclic amines) is 1. The van der Waals surface area contributed by atoms with E-state index < -0.39 is 23.2 Å². The molecule has 33 heavy (non-hydrogen) atoms. The second-order valence-corrected chi connectivity index (χ2v) is 12.9. The Morgan fingerprint density at radius 2 is 2.00 bits per heavy atom. The standard InChI is InChI=1S/C22H38BN3O6S/c1-6-18(23-31-17-12-14-11-16(21(14,2)3)22(17,4)32-23)24-19(27)13-26-10-8-7-9-15(20(26)28)25-33(5,29)30/h14-18,25H,6-13H2,1-5H3,(H,24,27)/t14-,15?,16-,17?,18+,22+/m1/s1. The normalized spacial score (nSPS) is 36.6.